The van der Waals surface area contributed by atoms with Crippen LogP contribution in [0.15, 0.2) is 4.79 Å². The summed E-state index contributed by atoms with van der Waals surface area (Å²) in [6.07, 6.45) is 2.21. The SMILES string of the molecule is Cc1nc(=O)n(CC2CCSCC2)c(C)c1C(C)C(=O)O. The van der Waals surface area contributed by atoms with Gasteiger partial charge in [0.15, 0.2) is 0 Å². The van der Waals surface area contributed by atoms with Crippen LogP contribution in [0.5, 0.6) is 0 Å². The maximum absolute atomic E-state index is 12.2. The van der Waals surface area contributed by atoms with Gasteiger partial charge in [0, 0.05) is 23.5 Å². The van der Waals surface area contributed by atoms with Gasteiger partial charge in [-0.15, -0.1) is 0 Å². The molecular formula is C15H22N2O3S. The first kappa shape index (κ1) is 16.1. The van der Waals surface area contributed by atoms with E-state index in [4.69, 9.17) is 0 Å². The van der Waals surface area contributed by atoms with Crippen molar-refractivity contribution in [3.63, 3.8) is 0 Å². The third-order valence-electron chi connectivity index (χ3n) is 4.26. The molecule has 6 heteroatoms. The Morgan fingerprint density at radius 2 is 2.05 bits per heavy atom. The third-order valence-corrected chi connectivity index (χ3v) is 5.31. The molecule has 0 radical (unpaired) electrons. The second kappa shape index (κ2) is 6.64. The van der Waals surface area contributed by atoms with Crippen LogP contribution < -0.4 is 5.69 Å². The van der Waals surface area contributed by atoms with Crippen LogP contribution in [-0.2, 0) is 11.3 Å². The Bertz CT molecular complexity index is 591. The maximum atomic E-state index is 12.2. The highest BCUT2D eigenvalue weighted by atomic mass is 32.2. The van der Waals surface area contributed by atoms with E-state index in [1.807, 2.05) is 18.7 Å². The standard InChI is InChI=1S/C15H22N2O3S/c1-9(14(18)19)13-10(2)16-15(20)17(11(13)3)8-12-4-6-21-7-5-12/h9,12H,4-8H2,1-3H3,(H,18,19). The maximum Gasteiger partial charge on any atom is 0.347 e. The van der Waals surface area contributed by atoms with Gasteiger partial charge < -0.3 is 5.11 Å². The van der Waals surface area contributed by atoms with E-state index in [0.29, 0.717) is 23.7 Å². The predicted molar refractivity (Wildman–Crippen MR) is 84.1 cm³/mol. The first-order chi connectivity index (χ1) is 9.91. The molecule has 1 saturated heterocycles. The molecule has 1 unspecified atom stereocenters. The van der Waals surface area contributed by atoms with Crippen molar-refractivity contribution < 1.29 is 9.90 Å². The second-order valence-electron chi connectivity index (χ2n) is 5.71. The fourth-order valence-electron chi connectivity index (χ4n) is 2.97. The number of carboxylic acids is 1. The number of hydrogen-bond acceptors (Lipinski definition) is 4. The molecule has 1 aliphatic rings. The van der Waals surface area contributed by atoms with Crippen molar-refractivity contribution >= 4 is 17.7 Å². The Hall–Kier alpha value is -1.30. The molecule has 2 rings (SSSR count). The summed E-state index contributed by atoms with van der Waals surface area (Å²) in [6.45, 7) is 5.84. The summed E-state index contributed by atoms with van der Waals surface area (Å²) in [5.74, 6) is 1.22. The molecule has 116 valence electrons. The van der Waals surface area contributed by atoms with E-state index < -0.39 is 11.9 Å². The lowest BCUT2D eigenvalue weighted by molar-refractivity contribution is -0.138. The molecule has 2 heterocycles. The van der Waals surface area contributed by atoms with Crippen molar-refractivity contribution in [1.82, 2.24) is 9.55 Å². The fraction of sp³-hybridized carbons (Fsp3) is 0.667. The highest BCUT2D eigenvalue weighted by Gasteiger charge is 2.23. The van der Waals surface area contributed by atoms with Crippen LogP contribution in [0.25, 0.3) is 0 Å². The summed E-state index contributed by atoms with van der Waals surface area (Å²) >= 11 is 1.95. The van der Waals surface area contributed by atoms with E-state index in [-0.39, 0.29) is 5.69 Å². The van der Waals surface area contributed by atoms with Gasteiger partial charge in [-0.25, -0.2) is 4.79 Å². The van der Waals surface area contributed by atoms with Crippen LogP contribution >= 0.6 is 11.8 Å². The monoisotopic (exact) mass is 310 g/mol. The molecule has 0 aliphatic carbocycles. The van der Waals surface area contributed by atoms with Crippen molar-refractivity contribution in [1.29, 1.82) is 0 Å². The topological polar surface area (TPSA) is 72.2 Å². The number of aromatic nitrogens is 2. The number of rotatable bonds is 4. The Labute approximate surface area is 128 Å². The zero-order valence-corrected chi connectivity index (χ0v) is 13.6. The van der Waals surface area contributed by atoms with E-state index in [9.17, 15) is 14.7 Å². The molecular weight excluding hydrogens is 288 g/mol. The molecule has 21 heavy (non-hydrogen) atoms. The molecule has 1 aromatic rings. The molecule has 0 aromatic carbocycles. The van der Waals surface area contributed by atoms with Gasteiger partial charge >= 0.3 is 11.7 Å². The summed E-state index contributed by atoms with van der Waals surface area (Å²) in [6, 6.07) is 0. The van der Waals surface area contributed by atoms with Crippen LogP contribution in [0.2, 0.25) is 0 Å². The predicted octanol–water partition coefficient (Wildman–Crippen LogP) is 2.19. The smallest absolute Gasteiger partial charge is 0.347 e. The fourth-order valence-corrected chi connectivity index (χ4v) is 4.17. The molecule has 1 aliphatic heterocycles. The summed E-state index contributed by atoms with van der Waals surface area (Å²) in [7, 11) is 0. The zero-order chi connectivity index (χ0) is 15.6. The van der Waals surface area contributed by atoms with Gasteiger partial charge in [-0.3, -0.25) is 9.36 Å². The minimum atomic E-state index is -0.887. The normalized spacial score (nSPS) is 17.7. The van der Waals surface area contributed by atoms with Crippen LogP contribution in [0.3, 0.4) is 0 Å². The Morgan fingerprint density at radius 1 is 1.43 bits per heavy atom. The van der Waals surface area contributed by atoms with E-state index >= 15 is 0 Å². The van der Waals surface area contributed by atoms with Crippen molar-refractivity contribution in [2.24, 2.45) is 5.92 Å². The molecule has 1 atom stereocenters. The van der Waals surface area contributed by atoms with Crippen molar-refractivity contribution in [2.75, 3.05) is 11.5 Å². The average molecular weight is 310 g/mol. The minimum Gasteiger partial charge on any atom is -0.481 e. The summed E-state index contributed by atoms with van der Waals surface area (Å²) in [5.41, 5.74) is 1.69. The number of nitrogens with zero attached hydrogens (tertiary/aromatic N) is 2. The highest BCUT2D eigenvalue weighted by molar-refractivity contribution is 7.99. The lowest BCUT2D eigenvalue weighted by Gasteiger charge is -2.24. The lowest BCUT2D eigenvalue weighted by Crippen LogP contribution is -2.32. The summed E-state index contributed by atoms with van der Waals surface area (Å²) in [5, 5.41) is 9.25. The van der Waals surface area contributed by atoms with Crippen molar-refractivity contribution in [3.05, 3.63) is 27.4 Å². The van der Waals surface area contributed by atoms with Crippen LogP contribution in [0, 0.1) is 19.8 Å². The number of aliphatic carboxylic acids is 1. The third kappa shape index (κ3) is 3.48. The van der Waals surface area contributed by atoms with Crippen LogP contribution in [0.1, 0.15) is 42.6 Å². The van der Waals surface area contributed by atoms with Gasteiger partial charge in [0.2, 0.25) is 0 Å². The quantitative estimate of drug-likeness (QED) is 0.923. The number of carbonyl (C=O) groups is 1. The Balaban J connectivity index is 2.38. The van der Waals surface area contributed by atoms with E-state index in [0.717, 1.165) is 30.0 Å². The molecule has 5 nitrogen and oxygen atoms in total. The first-order valence-electron chi connectivity index (χ1n) is 7.30. The second-order valence-corrected chi connectivity index (χ2v) is 6.93. The zero-order valence-electron chi connectivity index (χ0n) is 12.8. The molecule has 0 saturated carbocycles. The summed E-state index contributed by atoms with van der Waals surface area (Å²) < 4.78 is 1.67. The van der Waals surface area contributed by atoms with Gasteiger partial charge in [-0.2, -0.15) is 16.7 Å². The van der Waals surface area contributed by atoms with Gasteiger partial charge in [0.1, 0.15) is 0 Å². The Morgan fingerprint density at radius 3 is 2.62 bits per heavy atom. The summed E-state index contributed by atoms with van der Waals surface area (Å²) in [4.78, 5) is 27.5. The number of thioether (sulfide) groups is 1. The lowest BCUT2D eigenvalue weighted by atomic mass is 9.97. The molecule has 0 amide bonds. The minimum absolute atomic E-state index is 0.260. The molecule has 0 bridgehead atoms. The van der Waals surface area contributed by atoms with Crippen LogP contribution in [-0.4, -0.2) is 32.1 Å². The van der Waals surface area contributed by atoms with Gasteiger partial charge in [-0.1, -0.05) is 0 Å². The van der Waals surface area contributed by atoms with Gasteiger partial charge in [-0.05, 0) is 51.0 Å². The first-order valence-corrected chi connectivity index (χ1v) is 8.45. The Kier molecular flexibility index (Phi) is 5.08. The largest absolute Gasteiger partial charge is 0.481 e. The van der Waals surface area contributed by atoms with E-state index in [2.05, 4.69) is 4.98 Å². The average Bonchev–Trinajstić information content (AvgIpc) is 2.44. The number of carboxylic acid groups (broad SMARTS) is 1. The van der Waals surface area contributed by atoms with Gasteiger partial charge in [0.05, 0.1) is 5.92 Å². The molecule has 1 aromatic heterocycles. The van der Waals surface area contributed by atoms with E-state index in [1.54, 1.807) is 18.4 Å². The molecule has 0 spiro atoms. The molecule has 1 N–H and O–H groups in total. The van der Waals surface area contributed by atoms with E-state index in [1.165, 1.54) is 0 Å². The van der Waals surface area contributed by atoms with Crippen molar-refractivity contribution in [3.8, 4) is 0 Å². The van der Waals surface area contributed by atoms with Crippen LogP contribution in [0.4, 0.5) is 0 Å². The van der Waals surface area contributed by atoms with Crippen molar-refractivity contribution in [2.45, 2.75) is 46.1 Å². The highest BCUT2D eigenvalue weighted by Crippen LogP contribution is 2.26. The number of hydrogen-bond donors (Lipinski definition) is 1. The molecule has 1 fully saturated rings. The number of aryl methyl sites for hydroxylation is 1. The van der Waals surface area contributed by atoms with Gasteiger partial charge in [0.25, 0.3) is 0 Å².